The molecule has 8 heteroatoms. The largest absolute Gasteiger partial charge is 0.368 e. The van der Waals surface area contributed by atoms with E-state index in [0.29, 0.717) is 31.2 Å². The number of aromatic nitrogens is 2. The molecule has 2 amide bonds. The number of morpholine rings is 1. The van der Waals surface area contributed by atoms with Crippen molar-refractivity contribution in [3.05, 3.63) is 41.7 Å². The summed E-state index contributed by atoms with van der Waals surface area (Å²) in [5, 5.41) is 0. The van der Waals surface area contributed by atoms with Gasteiger partial charge in [0.1, 0.15) is 6.10 Å². The van der Waals surface area contributed by atoms with Crippen LogP contribution in [0.3, 0.4) is 0 Å². The number of hydrogen-bond donors (Lipinski definition) is 1. The zero-order chi connectivity index (χ0) is 22.0. The fourth-order valence-electron chi connectivity index (χ4n) is 4.33. The fourth-order valence-corrected chi connectivity index (χ4v) is 4.33. The predicted octanol–water partition coefficient (Wildman–Crippen LogP) is 2.40. The molecule has 2 aliphatic rings. The number of ether oxygens (including phenoxy) is 1. The standard InChI is InChI=1S/C23H29N5O3/c1-27(2)23-25-13-18(15-7-9-16(10-8-15)21(24)29)20(26-23)19-14-28(11-12-31-19)22(30)17-5-3-4-6-17/h7-10,13,17,19H,3-6,11-12,14H2,1-2H3,(H2,24,29)/t19-/m1/s1. The second kappa shape index (κ2) is 9.01. The van der Waals surface area contributed by atoms with Crippen molar-refractivity contribution in [1.82, 2.24) is 14.9 Å². The predicted molar refractivity (Wildman–Crippen MR) is 118 cm³/mol. The Hall–Kier alpha value is -3.00. The third kappa shape index (κ3) is 4.54. The van der Waals surface area contributed by atoms with E-state index in [4.69, 9.17) is 15.5 Å². The molecule has 0 bridgehead atoms. The molecule has 1 aromatic heterocycles. The lowest BCUT2D eigenvalue weighted by molar-refractivity contribution is -0.143. The van der Waals surface area contributed by atoms with Crippen LogP contribution in [0.5, 0.6) is 0 Å². The number of benzene rings is 1. The summed E-state index contributed by atoms with van der Waals surface area (Å²) in [4.78, 5) is 37.4. The Morgan fingerprint density at radius 1 is 1.16 bits per heavy atom. The summed E-state index contributed by atoms with van der Waals surface area (Å²) in [6.07, 6.45) is 5.67. The molecule has 1 atom stereocenters. The molecule has 1 saturated heterocycles. The lowest BCUT2D eigenvalue weighted by atomic mass is 9.99. The lowest BCUT2D eigenvalue weighted by Crippen LogP contribution is -2.44. The van der Waals surface area contributed by atoms with Crippen LogP contribution in [-0.4, -0.2) is 60.5 Å². The monoisotopic (exact) mass is 423 g/mol. The molecule has 1 aromatic carbocycles. The molecule has 31 heavy (non-hydrogen) atoms. The van der Waals surface area contributed by atoms with Crippen molar-refractivity contribution in [3.8, 4) is 11.1 Å². The maximum atomic E-state index is 13.0. The summed E-state index contributed by atoms with van der Waals surface area (Å²) in [5.41, 5.74) is 8.25. The highest BCUT2D eigenvalue weighted by molar-refractivity contribution is 5.93. The summed E-state index contributed by atoms with van der Waals surface area (Å²) >= 11 is 0. The molecule has 2 aromatic rings. The molecule has 0 radical (unpaired) electrons. The number of carbonyl (C=O) groups is 2. The van der Waals surface area contributed by atoms with Crippen LogP contribution >= 0.6 is 0 Å². The molecule has 1 saturated carbocycles. The Morgan fingerprint density at radius 3 is 2.52 bits per heavy atom. The van der Waals surface area contributed by atoms with Crippen molar-refractivity contribution in [2.75, 3.05) is 38.7 Å². The average Bonchev–Trinajstić information content (AvgIpc) is 3.33. The molecule has 0 unspecified atom stereocenters. The minimum atomic E-state index is -0.470. The van der Waals surface area contributed by atoms with E-state index >= 15 is 0 Å². The minimum Gasteiger partial charge on any atom is -0.368 e. The highest BCUT2D eigenvalue weighted by atomic mass is 16.5. The molecule has 1 aliphatic heterocycles. The summed E-state index contributed by atoms with van der Waals surface area (Å²) in [6, 6.07) is 7.06. The Labute approximate surface area is 182 Å². The van der Waals surface area contributed by atoms with Gasteiger partial charge in [-0.05, 0) is 30.5 Å². The molecule has 164 valence electrons. The van der Waals surface area contributed by atoms with Crippen LogP contribution in [0.1, 0.15) is 47.8 Å². The summed E-state index contributed by atoms with van der Waals surface area (Å²) in [5.74, 6) is 0.486. The second-order valence-electron chi connectivity index (χ2n) is 8.43. The molecule has 1 aliphatic carbocycles. The van der Waals surface area contributed by atoms with Crippen LogP contribution in [-0.2, 0) is 9.53 Å². The molecular weight excluding hydrogens is 394 g/mol. The zero-order valence-corrected chi connectivity index (χ0v) is 18.1. The SMILES string of the molecule is CN(C)c1ncc(-c2ccc(C(N)=O)cc2)c([C@H]2CN(C(=O)C3CCCC3)CCO2)n1. The molecule has 4 rings (SSSR count). The number of carbonyl (C=O) groups excluding carboxylic acids is 2. The number of primary amides is 1. The Morgan fingerprint density at radius 2 is 1.87 bits per heavy atom. The maximum Gasteiger partial charge on any atom is 0.248 e. The van der Waals surface area contributed by atoms with E-state index in [1.165, 1.54) is 0 Å². The maximum absolute atomic E-state index is 13.0. The Balaban J connectivity index is 1.65. The Bertz CT molecular complexity index is 954. The van der Waals surface area contributed by atoms with E-state index in [-0.39, 0.29) is 17.9 Å². The summed E-state index contributed by atoms with van der Waals surface area (Å²) < 4.78 is 6.09. The van der Waals surface area contributed by atoms with Gasteiger partial charge in [-0.15, -0.1) is 0 Å². The van der Waals surface area contributed by atoms with E-state index in [0.717, 1.165) is 42.5 Å². The van der Waals surface area contributed by atoms with E-state index in [9.17, 15) is 9.59 Å². The van der Waals surface area contributed by atoms with Gasteiger partial charge in [0.15, 0.2) is 0 Å². The third-order valence-corrected chi connectivity index (χ3v) is 6.07. The van der Waals surface area contributed by atoms with Gasteiger partial charge < -0.3 is 20.3 Å². The normalized spacial score (nSPS) is 19.4. The minimum absolute atomic E-state index is 0.141. The van der Waals surface area contributed by atoms with Crippen LogP contribution < -0.4 is 10.6 Å². The third-order valence-electron chi connectivity index (χ3n) is 6.07. The molecule has 2 heterocycles. The van der Waals surface area contributed by atoms with E-state index < -0.39 is 5.91 Å². The van der Waals surface area contributed by atoms with E-state index in [1.54, 1.807) is 18.3 Å². The lowest BCUT2D eigenvalue weighted by Gasteiger charge is -2.35. The molecule has 8 nitrogen and oxygen atoms in total. The van der Waals surface area contributed by atoms with Crippen LogP contribution in [0.4, 0.5) is 5.95 Å². The van der Waals surface area contributed by atoms with Gasteiger partial charge >= 0.3 is 0 Å². The number of hydrogen-bond acceptors (Lipinski definition) is 6. The second-order valence-corrected chi connectivity index (χ2v) is 8.43. The van der Waals surface area contributed by atoms with Gasteiger partial charge in [0.05, 0.1) is 18.8 Å². The smallest absolute Gasteiger partial charge is 0.248 e. The summed E-state index contributed by atoms with van der Waals surface area (Å²) in [7, 11) is 3.77. The van der Waals surface area contributed by atoms with Crippen LogP contribution in [0, 0.1) is 5.92 Å². The first-order chi connectivity index (χ1) is 14.9. The van der Waals surface area contributed by atoms with Gasteiger partial charge in [0.25, 0.3) is 0 Å². The topological polar surface area (TPSA) is 102 Å². The van der Waals surface area contributed by atoms with Crippen LogP contribution in [0.15, 0.2) is 30.5 Å². The number of rotatable bonds is 5. The number of nitrogens with zero attached hydrogens (tertiary/aromatic N) is 4. The van der Waals surface area contributed by atoms with Crippen molar-refractivity contribution in [2.24, 2.45) is 11.7 Å². The highest BCUT2D eigenvalue weighted by Gasteiger charge is 2.33. The molecule has 2 N–H and O–H groups in total. The van der Waals surface area contributed by atoms with Gasteiger partial charge in [0.2, 0.25) is 17.8 Å². The molecular formula is C23H29N5O3. The molecule has 0 spiro atoms. The fraction of sp³-hybridized carbons (Fsp3) is 0.478. The van der Waals surface area contributed by atoms with Crippen molar-refractivity contribution < 1.29 is 14.3 Å². The average molecular weight is 424 g/mol. The Kier molecular flexibility index (Phi) is 6.18. The first-order valence-corrected chi connectivity index (χ1v) is 10.8. The van der Waals surface area contributed by atoms with Crippen molar-refractivity contribution in [3.63, 3.8) is 0 Å². The summed E-state index contributed by atoms with van der Waals surface area (Å²) in [6.45, 7) is 1.57. The quantitative estimate of drug-likeness (QED) is 0.792. The van der Waals surface area contributed by atoms with Gasteiger partial charge in [0, 0.05) is 43.9 Å². The van der Waals surface area contributed by atoms with Crippen LogP contribution in [0.2, 0.25) is 0 Å². The van der Waals surface area contributed by atoms with Crippen LogP contribution in [0.25, 0.3) is 11.1 Å². The highest BCUT2D eigenvalue weighted by Crippen LogP contribution is 2.33. The van der Waals surface area contributed by atoms with Gasteiger partial charge in [-0.2, -0.15) is 0 Å². The van der Waals surface area contributed by atoms with Crippen molar-refractivity contribution in [2.45, 2.75) is 31.8 Å². The number of amides is 2. The first-order valence-electron chi connectivity index (χ1n) is 10.8. The first kappa shape index (κ1) is 21.2. The van der Waals surface area contributed by atoms with Crippen molar-refractivity contribution >= 4 is 17.8 Å². The molecule has 2 fully saturated rings. The van der Waals surface area contributed by atoms with Gasteiger partial charge in [-0.25, -0.2) is 9.97 Å². The van der Waals surface area contributed by atoms with Gasteiger partial charge in [-0.1, -0.05) is 25.0 Å². The van der Waals surface area contributed by atoms with E-state index in [1.807, 2.05) is 36.0 Å². The number of anilines is 1. The number of nitrogens with two attached hydrogens (primary N) is 1. The zero-order valence-electron chi connectivity index (χ0n) is 18.1. The van der Waals surface area contributed by atoms with Crippen molar-refractivity contribution in [1.29, 1.82) is 0 Å². The van der Waals surface area contributed by atoms with E-state index in [2.05, 4.69) is 4.98 Å². The van der Waals surface area contributed by atoms with Gasteiger partial charge in [-0.3, -0.25) is 9.59 Å².